The fourth-order valence-electron chi connectivity index (χ4n) is 4.15. The number of nitrogens with one attached hydrogen (secondary N) is 1. The van der Waals surface area contributed by atoms with Gasteiger partial charge in [0.15, 0.2) is 0 Å². The maximum Gasteiger partial charge on any atom is 0.243 e. The van der Waals surface area contributed by atoms with Gasteiger partial charge in [-0.3, -0.25) is 0 Å². The number of piperidine rings is 1. The maximum atomic E-state index is 13.2. The highest BCUT2D eigenvalue weighted by atomic mass is 32.2. The third kappa shape index (κ3) is 3.24. The molecule has 2 aliphatic rings. The standard InChI is InChI=1S/C20H24N2O2S/c1-22(19-13-17-10-11-18(14-19)21-17)25(23,24)20-9-5-8-16(12-20)15-6-3-2-4-7-15/h2-9,12,17-19,21H,10-11,13-14H2,1H3. The molecule has 5 heteroatoms. The summed E-state index contributed by atoms with van der Waals surface area (Å²) in [5.41, 5.74) is 1.96. The number of fused-ring (bicyclic) bond motifs is 2. The molecule has 1 N–H and O–H groups in total. The van der Waals surface area contributed by atoms with Gasteiger partial charge in [-0.25, -0.2) is 8.42 Å². The Morgan fingerprint density at radius 1 is 0.920 bits per heavy atom. The number of nitrogens with zero attached hydrogens (tertiary/aromatic N) is 1. The fraction of sp³-hybridized carbons (Fsp3) is 0.400. The van der Waals surface area contributed by atoms with Gasteiger partial charge < -0.3 is 5.32 Å². The van der Waals surface area contributed by atoms with Crippen LogP contribution in [0.2, 0.25) is 0 Å². The molecule has 2 fully saturated rings. The Morgan fingerprint density at radius 3 is 2.24 bits per heavy atom. The van der Waals surface area contributed by atoms with Crippen LogP contribution in [0.15, 0.2) is 59.5 Å². The summed E-state index contributed by atoms with van der Waals surface area (Å²) in [6.07, 6.45) is 4.15. The van der Waals surface area contributed by atoms with Gasteiger partial charge in [-0.2, -0.15) is 4.31 Å². The van der Waals surface area contributed by atoms with Gasteiger partial charge in [0.25, 0.3) is 0 Å². The second-order valence-corrected chi connectivity index (χ2v) is 9.18. The lowest BCUT2D eigenvalue weighted by Crippen LogP contribution is -2.48. The molecule has 2 bridgehead atoms. The number of sulfonamides is 1. The molecule has 2 unspecified atom stereocenters. The van der Waals surface area contributed by atoms with E-state index < -0.39 is 10.0 Å². The first-order valence-corrected chi connectivity index (χ1v) is 10.4. The molecule has 0 saturated carbocycles. The average Bonchev–Trinajstić information content (AvgIpc) is 2.99. The zero-order valence-electron chi connectivity index (χ0n) is 14.4. The number of hydrogen-bond donors (Lipinski definition) is 1. The molecule has 2 atom stereocenters. The van der Waals surface area contributed by atoms with Gasteiger partial charge in [-0.15, -0.1) is 0 Å². The first-order valence-electron chi connectivity index (χ1n) is 8.93. The van der Waals surface area contributed by atoms with Crippen LogP contribution in [0.5, 0.6) is 0 Å². The summed E-state index contributed by atoms with van der Waals surface area (Å²) in [6.45, 7) is 0. The van der Waals surface area contributed by atoms with Gasteiger partial charge in [-0.05, 0) is 48.9 Å². The van der Waals surface area contributed by atoms with Crippen molar-refractivity contribution in [1.29, 1.82) is 0 Å². The molecule has 0 aromatic heterocycles. The van der Waals surface area contributed by atoms with Crippen LogP contribution in [-0.4, -0.2) is 37.9 Å². The lowest BCUT2D eigenvalue weighted by Gasteiger charge is -2.34. The van der Waals surface area contributed by atoms with Crippen LogP contribution < -0.4 is 5.32 Å². The van der Waals surface area contributed by atoms with Crippen molar-refractivity contribution in [3.63, 3.8) is 0 Å². The molecule has 132 valence electrons. The van der Waals surface area contributed by atoms with E-state index in [4.69, 9.17) is 0 Å². The molecular formula is C20H24N2O2S. The van der Waals surface area contributed by atoms with Crippen molar-refractivity contribution in [3.8, 4) is 11.1 Å². The zero-order chi connectivity index (χ0) is 17.4. The Morgan fingerprint density at radius 2 is 1.56 bits per heavy atom. The smallest absolute Gasteiger partial charge is 0.243 e. The molecule has 2 heterocycles. The van der Waals surface area contributed by atoms with E-state index >= 15 is 0 Å². The largest absolute Gasteiger partial charge is 0.311 e. The minimum absolute atomic E-state index is 0.0872. The third-order valence-corrected chi connectivity index (χ3v) is 7.49. The van der Waals surface area contributed by atoms with E-state index in [9.17, 15) is 8.42 Å². The number of benzene rings is 2. The second kappa shape index (κ2) is 6.56. The molecule has 2 aromatic rings. The summed E-state index contributed by atoms with van der Waals surface area (Å²) in [6, 6.07) is 18.2. The molecule has 25 heavy (non-hydrogen) atoms. The SMILES string of the molecule is CN(C1CC2CCC(C1)N2)S(=O)(=O)c1cccc(-c2ccccc2)c1. The van der Waals surface area contributed by atoms with Crippen LogP contribution in [0.4, 0.5) is 0 Å². The van der Waals surface area contributed by atoms with Crippen LogP contribution >= 0.6 is 0 Å². The summed E-state index contributed by atoms with van der Waals surface area (Å²) < 4.78 is 27.9. The van der Waals surface area contributed by atoms with Crippen molar-refractivity contribution in [3.05, 3.63) is 54.6 Å². The molecule has 0 radical (unpaired) electrons. The second-order valence-electron chi connectivity index (χ2n) is 7.18. The molecule has 2 aliphatic heterocycles. The lowest BCUT2D eigenvalue weighted by molar-refractivity contribution is 0.251. The Kier molecular flexibility index (Phi) is 4.40. The lowest BCUT2D eigenvalue weighted by atomic mass is 10.0. The Bertz CT molecular complexity index is 839. The van der Waals surface area contributed by atoms with Crippen molar-refractivity contribution < 1.29 is 8.42 Å². The van der Waals surface area contributed by atoms with Crippen LogP contribution in [-0.2, 0) is 10.0 Å². The van der Waals surface area contributed by atoms with Crippen LogP contribution in [0.1, 0.15) is 25.7 Å². The van der Waals surface area contributed by atoms with Crippen LogP contribution in [0, 0.1) is 0 Å². The van der Waals surface area contributed by atoms with Gasteiger partial charge in [0.1, 0.15) is 0 Å². The summed E-state index contributed by atoms with van der Waals surface area (Å²) in [7, 11) is -1.75. The van der Waals surface area contributed by atoms with E-state index in [0.717, 1.165) is 24.0 Å². The number of rotatable bonds is 4. The highest BCUT2D eigenvalue weighted by Gasteiger charge is 2.38. The van der Waals surface area contributed by atoms with Crippen molar-refractivity contribution in [2.45, 2.75) is 48.7 Å². The topological polar surface area (TPSA) is 49.4 Å². The quantitative estimate of drug-likeness (QED) is 0.915. The Hall–Kier alpha value is -1.69. The Labute approximate surface area is 149 Å². The van der Waals surface area contributed by atoms with E-state index in [2.05, 4.69) is 5.32 Å². The molecule has 4 nitrogen and oxygen atoms in total. The molecule has 0 aliphatic carbocycles. The average molecular weight is 356 g/mol. The maximum absolute atomic E-state index is 13.2. The summed E-state index contributed by atoms with van der Waals surface area (Å²) >= 11 is 0. The van der Waals surface area contributed by atoms with Gasteiger partial charge >= 0.3 is 0 Å². The normalized spacial score (nSPS) is 26.1. The van der Waals surface area contributed by atoms with Crippen LogP contribution in [0.3, 0.4) is 0 Å². The predicted molar refractivity (Wildman–Crippen MR) is 99.8 cm³/mol. The molecule has 2 saturated heterocycles. The molecular weight excluding hydrogens is 332 g/mol. The van der Waals surface area contributed by atoms with E-state index in [-0.39, 0.29) is 6.04 Å². The van der Waals surface area contributed by atoms with Gasteiger partial charge in [0.2, 0.25) is 10.0 Å². The zero-order valence-corrected chi connectivity index (χ0v) is 15.2. The molecule has 4 rings (SSSR count). The predicted octanol–water partition coefficient (Wildman–Crippen LogP) is 3.26. The van der Waals surface area contributed by atoms with Gasteiger partial charge in [-0.1, -0.05) is 42.5 Å². The minimum Gasteiger partial charge on any atom is -0.311 e. The van der Waals surface area contributed by atoms with E-state index in [0.29, 0.717) is 17.0 Å². The van der Waals surface area contributed by atoms with E-state index in [1.165, 1.54) is 12.8 Å². The summed E-state index contributed by atoms with van der Waals surface area (Å²) in [5.74, 6) is 0. The first kappa shape index (κ1) is 16.8. The van der Waals surface area contributed by atoms with E-state index in [1.807, 2.05) is 42.5 Å². The summed E-state index contributed by atoms with van der Waals surface area (Å²) in [5, 5.41) is 3.58. The molecule has 2 aromatic carbocycles. The summed E-state index contributed by atoms with van der Waals surface area (Å²) in [4.78, 5) is 0.377. The first-order chi connectivity index (χ1) is 12.0. The molecule has 0 amide bonds. The Balaban J connectivity index is 1.62. The monoisotopic (exact) mass is 356 g/mol. The highest BCUT2D eigenvalue weighted by molar-refractivity contribution is 7.89. The number of hydrogen-bond acceptors (Lipinski definition) is 3. The highest BCUT2D eigenvalue weighted by Crippen LogP contribution is 2.32. The van der Waals surface area contributed by atoms with Crippen molar-refractivity contribution in [1.82, 2.24) is 9.62 Å². The van der Waals surface area contributed by atoms with E-state index in [1.54, 1.807) is 23.5 Å². The van der Waals surface area contributed by atoms with Crippen LogP contribution in [0.25, 0.3) is 11.1 Å². The molecule has 0 spiro atoms. The van der Waals surface area contributed by atoms with Gasteiger partial charge in [0.05, 0.1) is 4.90 Å². The van der Waals surface area contributed by atoms with Crippen molar-refractivity contribution in [2.75, 3.05) is 7.05 Å². The van der Waals surface area contributed by atoms with Gasteiger partial charge in [0, 0.05) is 25.2 Å². The fourth-order valence-corrected chi connectivity index (χ4v) is 5.58. The van der Waals surface area contributed by atoms with Crippen molar-refractivity contribution in [2.24, 2.45) is 0 Å². The van der Waals surface area contributed by atoms with Crippen molar-refractivity contribution >= 4 is 10.0 Å². The minimum atomic E-state index is -3.48. The third-order valence-electron chi connectivity index (χ3n) is 5.58.